The summed E-state index contributed by atoms with van der Waals surface area (Å²) in [5.74, 6) is -2.91. The van der Waals surface area contributed by atoms with E-state index in [4.69, 9.17) is 0 Å². The van der Waals surface area contributed by atoms with Gasteiger partial charge in [0.1, 0.15) is 11.5 Å². The fraction of sp³-hybridized carbons (Fsp3) is 0.0741. The maximum atomic E-state index is 13.2. The van der Waals surface area contributed by atoms with Gasteiger partial charge in [-0.25, -0.2) is 0 Å². The number of benzene rings is 3. The molecule has 3 aromatic carbocycles. The summed E-state index contributed by atoms with van der Waals surface area (Å²) in [7, 11) is 0. The van der Waals surface area contributed by atoms with Crippen LogP contribution in [0.3, 0.4) is 0 Å². The predicted molar refractivity (Wildman–Crippen MR) is 126 cm³/mol. The zero-order chi connectivity index (χ0) is 25.4. The van der Waals surface area contributed by atoms with Gasteiger partial charge in [0.05, 0.1) is 11.6 Å². The van der Waals surface area contributed by atoms with Crippen LogP contribution in [0.5, 0.6) is 5.75 Å². The van der Waals surface area contributed by atoms with E-state index >= 15 is 0 Å². The molecule has 1 aliphatic heterocycles. The van der Waals surface area contributed by atoms with Gasteiger partial charge in [-0.1, -0.05) is 42.5 Å². The van der Waals surface area contributed by atoms with E-state index in [0.717, 1.165) is 27.8 Å². The SMILES string of the molecule is O=C1C(=O)N(c2cccc(OC(F)(F)F)c2)C(c2ccncc2)/C1=C(/O)c1ccc2ccccc2c1. The molecule has 0 aliphatic carbocycles. The van der Waals surface area contributed by atoms with Gasteiger partial charge in [-0.3, -0.25) is 19.5 Å². The molecule has 0 saturated carbocycles. The highest BCUT2D eigenvalue weighted by Gasteiger charge is 2.47. The molecule has 1 saturated heterocycles. The molecule has 1 unspecified atom stereocenters. The van der Waals surface area contributed by atoms with Crippen molar-refractivity contribution in [2.75, 3.05) is 4.90 Å². The topological polar surface area (TPSA) is 79.7 Å². The van der Waals surface area contributed by atoms with Crippen molar-refractivity contribution in [3.05, 3.63) is 108 Å². The van der Waals surface area contributed by atoms with Crippen molar-refractivity contribution in [1.82, 2.24) is 4.98 Å². The van der Waals surface area contributed by atoms with Crippen LogP contribution >= 0.6 is 0 Å². The Hall–Kier alpha value is -4.66. The van der Waals surface area contributed by atoms with E-state index in [9.17, 15) is 27.9 Å². The number of carbonyl (C=O) groups is 2. The Labute approximate surface area is 202 Å². The minimum Gasteiger partial charge on any atom is -0.507 e. The number of halogens is 3. The Morgan fingerprint density at radius 1 is 0.889 bits per heavy atom. The summed E-state index contributed by atoms with van der Waals surface area (Å²) in [6, 6.07) is 19.3. The number of rotatable bonds is 4. The summed E-state index contributed by atoms with van der Waals surface area (Å²) in [4.78, 5) is 31.4. The molecular weight excluding hydrogens is 473 g/mol. The molecule has 0 bridgehead atoms. The Morgan fingerprint density at radius 2 is 1.61 bits per heavy atom. The van der Waals surface area contributed by atoms with E-state index in [0.29, 0.717) is 11.1 Å². The highest BCUT2D eigenvalue weighted by atomic mass is 19.4. The third-order valence-corrected chi connectivity index (χ3v) is 5.82. The van der Waals surface area contributed by atoms with Crippen LogP contribution in [0.2, 0.25) is 0 Å². The standard InChI is InChI=1S/C27H17F3N2O4/c28-27(29,30)36-21-7-3-6-20(15-21)32-23(17-10-12-31-13-11-17)22(25(34)26(32)35)24(33)19-9-8-16-4-1-2-5-18(16)14-19/h1-15,23,33H/b24-22-. The Kier molecular flexibility index (Phi) is 5.68. The quantitative estimate of drug-likeness (QED) is 0.224. The molecule has 1 atom stereocenters. The van der Waals surface area contributed by atoms with Gasteiger partial charge in [-0.15, -0.1) is 13.2 Å². The van der Waals surface area contributed by atoms with Crippen LogP contribution in [-0.2, 0) is 9.59 Å². The van der Waals surface area contributed by atoms with Crippen molar-refractivity contribution in [3.63, 3.8) is 0 Å². The number of Topliss-reactive ketones (excluding diaryl/α,β-unsaturated/α-hetero) is 1. The molecule has 0 spiro atoms. The van der Waals surface area contributed by atoms with Gasteiger partial charge in [0, 0.05) is 29.7 Å². The van der Waals surface area contributed by atoms with E-state index in [1.807, 2.05) is 24.3 Å². The molecule has 36 heavy (non-hydrogen) atoms. The molecule has 1 N–H and O–H groups in total. The lowest BCUT2D eigenvalue weighted by Gasteiger charge is -2.25. The van der Waals surface area contributed by atoms with Crippen LogP contribution in [0, 0.1) is 0 Å². The maximum absolute atomic E-state index is 13.2. The minimum atomic E-state index is -4.94. The molecule has 5 rings (SSSR count). The maximum Gasteiger partial charge on any atom is 0.573 e. The van der Waals surface area contributed by atoms with Crippen LogP contribution in [0.4, 0.5) is 18.9 Å². The van der Waals surface area contributed by atoms with Gasteiger partial charge in [0.2, 0.25) is 0 Å². The van der Waals surface area contributed by atoms with Crippen LogP contribution in [-0.4, -0.2) is 28.1 Å². The van der Waals surface area contributed by atoms with Crippen LogP contribution in [0.25, 0.3) is 16.5 Å². The lowest BCUT2D eigenvalue weighted by molar-refractivity contribution is -0.274. The molecule has 9 heteroatoms. The van der Waals surface area contributed by atoms with E-state index in [1.54, 1.807) is 30.3 Å². The zero-order valence-electron chi connectivity index (χ0n) is 18.4. The summed E-state index contributed by atoms with van der Waals surface area (Å²) in [6.45, 7) is 0. The first-order chi connectivity index (χ1) is 17.2. The van der Waals surface area contributed by atoms with Crippen molar-refractivity contribution in [2.45, 2.75) is 12.4 Å². The third kappa shape index (κ3) is 4.26. The number of amides is 1. The molecule has 1 amide bonds. The number of aromatic nitrogens is 1. The smallest absolute Gasteiger partial charge is 0.507 e. The first-order valence-electron chi connectivity index (χ1n) is 10.8. The van der Waals surface area contributed by atoms with Crippen molar-refractivity contribution < 1.29 is 32.6 Å². The van der Waals surface area contributed by atoms with Crippen LogP contribution in [0.15, 0.2) is 96.8 Å². The van der Waals surface area contributed by atoms with Gasteiger partial charge in [-0.2, -0.15) is 0 Å². The highest BCUT2D eigenvalue weighted by molar-refractivity contribution is 6.51. The van der Waals surface area contributed by atoms with E-state index < -0.39 is 35.6 Å². The fourth-order valence-corrected chi connectivity index (χ4v) is 4.28. The minimum absolute atomic E-state index is 0.00164. The summed E-state index contributed by atoms with van der Waals surface area (Å²) in [5, 5.41) is 13.0. The van der Waals surface area contributed by atoms with Gasteiger partial charge in [0.15, 0.2) is 0 Å². The van der Waals surface area contributed by atoms with Crippen molar-refractivity contribution in [3.8, 4) is 5.75 Å². The molecule has 0 radical (unpaired) electrons. The monoisotopic (exact) mass is 490 g/mol. The average Bonchev–Trinajstić information content (AvgIpc) is 3.13. The summed E-state index contributed by atoms with van der Waals surface area (Å²) >= 11 is 0. The van der Waals surface area contributed by atoms with E-state index in [-0.39, 0.29) is 11.3 Å². The molecule has 1 aromatic heterocycles. The molecule has 4 aromatic rings. The first-order valence-corrected chi connectivity index (χ1v) is 10.8. The lowest BCUT2D eigenvalue weighted by atomic mass is 9.95. The zero-order valence-corrected chi connectivity index (χ0v) is 18.4. The molecule has 1 fully saturated rings. The van der Waals surface area contributed by atoms with Crippen LogP contribution < -0.4 is 9.64 Å². The number of aliphatic hydroxyl groups excluding tert-OH is 1. The van der Waals surface area contributed by atoms with E-state index in [1.165, 1.54) is 24.5 Å². The number of nitrogens with zero attached hydrogens (tertiary/aromatic N) is 2. The van der Waals surface area contributed by atoms with Crippen molar-refractivity contribution >= 4 is 33.9 Å². The number of aliphatic hydroxyl groups is 1. The number of ether oxygens (including phenoxy) is 1. The molecule has 1 aliphatic rings. The second-order valence-corrected chi connectivity index (χ2v) is 8.06. The third-order valence-electron chi connectivity index (χ3n) is 5.82. The summed E-state index contributed by atoms with van der Waals surface area (Å²) in [6.07, 6.45) is -2.03. The molecule has 6 nitrogen and oxygen atoms in total. The summed E-state index contributed by atoms with van der Waals surface area (Å²) in [5.41, 5.74) is 0.565. The van der Waals surface area contributed by atoms with E-state index in [2.05, 4.69) is 9.72 Å². The number of carbonyl (C=O) groups excluding carboxylic acids is 2. The number of fused-ring (bicyclic) bond motifs is 1. The first kappa shape index (κ1) is 23.1. The van der Waals surface area contributed by atoms with Gasteiger partial charge in [0.25, 0.3) is 11.7 Å². The largest absolute Gasteiger partial charge is 0.573 e. The Morgan fingerprint density at radius 3 is 2.33 bits per heavy atom. The Balaban J connectivity index is 1.68. The average molecular weight is 490 g/mol. The van der Waals surface area contributed by atoms with Gasteiger partial charge < -0.3 is 9.84 Å². The normalized spacial score (nSPS) is 17.5. The second-order valence-electron chi connectivity index (χ2n) is 8.06. The number of alkyl halides is 3. The van der Waals surface area contributed by atoms with Gasteiger partial charge in [-0.05, 0) is 46.7 Å². The van der Waals surface area contributed by atoms with Gasteiger partial charge >= 0.3 is 6.36 Å². The number of anilines is 1. The second kappa shape index (κ2) is 8.84. The highest BCUT2D eigenvalue weighted by Crippen LogP contribution is 2.43. The Bertz CT molecular complexity index is 1520. The fourth-order valence-electron chi connectivity index (χ4n) is 4.28. The number of ketones is 1. The number of pyridine rings is 1. The van der Waals surface area contributed by atoms with Crippen molar-refractivity contribution in [1.29, 1.82) is 0 Å². The van der Waals surface area contributed by atoms with Crippen molar-refractivity contribution in [2.24, 2.45) is 0 Å². The molecule has 180 valence electrons. The number of hydrogen-bond donors (Lipinski definition) is 1. The predicted octanol–water partition coefficient (Wildman–Crippen LogP) is 5.76. The number of hydrogen-bond acceptors (Lipinski definition) is 5. The van der Waals surface area contributed by atoms with Crippen LogP contribution in [0.1, 0.15) is 17.2 Å². The summed E-state index contributed by atoms with van der Waals surface area (Å²) < 4.78 is 42.4. The lowest BCUT2D eigenvalue weighted by Crippen LogP contribution is -2.29. The molecule has 2 heterocycles. The molecular formula is C27H17F3N2O4.